The first kappa shape index (κ1) is 13.6. The summed E-state index contributed by atoms with van der Waals surface area (Å²) in [5.41, 5.74) is 0. The molecule has 98 valence electrons. The number of ether oxygens (including phenoxy) is 1. The van der Waals surface area contributed by atoms with Gasteiger partial charge in [0.25, 0.3) is 0 Å². The third kappa shape index (κ3) is 5.42. The Hall–Kier alpha value is -1.46. The van der Waals surface area contributed by atoms with E-state index in [0.717, 1.165) is 25.7 Å². The van der Waals surface area contributed by atoms with Gasteiger partial charge in [-0.25, -0.2) is 9.59 Å². The first-order valence-electron chi connectivity index (χ1n) is 5.90. The Morgan fingerprint density at radius 1 is 1.12 bits per heavy atom. The third-order valence-corrected chi connectivity index (χ3v) is 3.23. The van der Waals surface area contributed by atoms with Crippen LogP contribution in [-0.2, 0) is 4.74 Å². The Balaban J connectivity index is 2.13. The first-order chi connectivity index (χ1) is 8.11. The molecule has 0 heterocycles. The van der Waals surface area contributed by atoms with Crippen LogP contribution in [0.3, 0.4) is 0 Å². The molecule has 6 nitrogen and oxygen atoms in total. The molecule has 0 aromatic heterocycles. The van der Waals surface area contributed by atoms with Crippen molar-refractivity contribution >= 4 is 12.2 Å². The number of amides is 2. The fourth-order valence-corrected chi connectivity index (χ4v) is 2.17. The van der Waals surface area contributed by atoms with Gasteiger partial charge in [0.1, 0.15) is 0 Å². The van der Waals surface area contributed by atoms with Gasteiger partial charge in [-0.15, -0.1) is 0 Å². The van der Waals surface area contributed by atoms with Crippen molar-refractivity contribution < 1.29 is 19.4 Å². The summed E-state index contributed by atoms with van der Waals surface area (Å²) in [6.07, 6.45) is 2.72. The lowest BCUT2D eigenvalue weighted by atomic mass is 9.82. The van der Waals surface area contributed by atoms with Gasteiger partial charge < -0.3 is 20.5 Å². The van der Waals surface area contributed by atoms with Gasteiger partial charge in [-0.05, 0) is 37.5 Å². The summed E-state index contributed by atoms with van der Waals surface area (Å²) < 4.78 is 4.50. The van der Waals surface area contributed by atoms with Gasteiger partial charge in [0.2, 0.25) is 0 Å². The van der Waals surface area contributed by atoms with Crippen LogP contribution in [0.5, 0.6) is 0 Å². The van der Waals surface area contributed by atoms with Gasteiger partial charge in [-0.3, -0.25) is 0 Å². The Morgan fingerprint density at radius 2 is 1.59 bits per heavy atom. The molecular weight excluding hydrogens is 224 g/mol. The number of rotatable bonds is 4. The van der Waals surface area contributed by atoms with Crippen LogP contribution in [0.25, 0.3) is 0 Å². The van der Waals surface area contributed by atoms with E-state index in [1.54, 1.807) is 0 Å². The monoisotopic (exact) mass is 244 g/mol. The predicted octanol–water partition coefficient (Wildman–Crippen LogP) is 1.42. The van der Waals surface area contributed by atoms with Crippen LogP contribution < -0.4 is 10.6 Å². The van der Waals surface area contributed by atoms with Crippen molar-refractivity contribution in [2.24, 2.45) is 11.8 Å². The van der Waals surface area contributed by atoms with Gasteiger partial charge in [-0.1, -0.05) is 0 Å². The normalized spacial score (nSPS) is 23.8. The molecule has 0 bridgehead atoms. The van der Waals surface area contributed by atoms with Crippen LogP contribution >= 0.6 is 0 Å². The number of nitrogens with one attached hydrogen (secondary N) is 2. The number of carboxylic acid groups (broad SMARTS) is 1. The highest BCUT2D eigenvalue weighted by atomic mass is 16.5. The number of carbonyl (C=O) groups excluding carboxylic acids is 1. The zero-order valence-electron chi connectivity index (χ0n) is 10.1. The van der Waals surface area contributed by atoms with Gasteiger partial charge in [0.05, 0.1) is 7.11 Å². The Labute approximate surface area is 101 Å². The highest BCUT2D eigenvalue weighted by Crippen LogP contribution is 2.27. The maximum absolute atomic E-state index is 10.9. The standard InChI is InChI=1S/C11H20N2O4/c1-17-11(16)13-7-9-4-2-8(3-5-9)6-12-10(14)15/h8-9,12H,2-7H2,1H3,(H,13,16)(H,14,15). The summed E-state index contributed by atoms with van der Waals surface area (Å²) >= 11 is 0. The average molecular weight is 244 g/mol. The lowest BCUT2D eigenvalue weighted by molar-refractivity contribution is 0.165. The van der Waals surface area contributed by atoms with E-state index in [1.165, 1.54) is 7.11 Å². The summed E-state index contributed by atoms with van der Waals surface area (Å²) in [7, 11) is 1.35. The molecule has 0 atom stereocenters. The minimum atomic E-state index is -0.959. The fraction of sp³-hybridized carbons (Fsp3) is 0.818. The summed E-state index contributed by atoms with van der Waals surface area (Å²) in [5, 5.41) is 13.6. The number of methoxy groups -OCH3 is 1. The van der Waals surface area contributed by atoms with Crippen LogP contribution in [0, 0.1) is 11.8 Å². The van der Waals surface area contributed by atoms with Crippen LogP contribution in [0.4, 0.5) is 9.59 Å². The molecule has 1 aliphatic carbocycles. The molecule has 1 rings (SSSR count). The Bertz CT molecular complexity index is 262. The molecule has 0 unspecified atom stereocenters. The SMILES string of the molecule is COC(=O)NCC1CCC(CNC(=O)O)CC1. The fourth-order valence-electron chi connectivity index (χ4n) is 2.17. The van der Waals surface area contributed by atoms with E-state index >= 15 is 0 Å². The van der Waals surface area contributed by atoms with E-state index in [4.69, 9.17) is 5.11 Å². The maximum Gasteiger partial charge on any atom is 0.406 e. The molecule has 6 heteroatoms. The highest BCUT2D eigenvalue weighted by Gasteiger charge is 2.21. The number of hydrogen-bond donors (Lipinski definition) is 3. The third-order valence-electron chi connectivity index (χ3n) is 3.23. The van der Waals surface area contributed by atoms with Crippen molar-refractivity contribution in [1.29, 1.82) is 0 Å². The lowest BCUT2D eigenvalue weighted by Gasteiger charge is -2.28. The molecular formula is C11H20N2O4. The second-order valence-corrected chi connectivity index (χ2v) is 4.45. The second kappa shape index (κ2) is 6.98. The highest BCUT2D eigenvalue weighted by molar-refractivity contribution is 5.66. The van der Waals surface area contributed by atoms with E-state index < -0.39 is 6.09 Å². The van der Waals surface area contributed by atoms with Gasteiger partial charge >= 0.3 is 12.2 Å². The number of hydrogen-bond acceptors (Lipinski definition) is 3. The molecule has 2 amide bonds. The van der Waals surface area contributed by atoms with Gasteiger partial charge in [-0.2, -0.15) is 0 Å². The van der Waals surface area contributed by atoms with E-state index in [2.05, 4.69) is 15.4 Å². The molecule has 1 saturated carbocycles. The molecule has 0 aromatic rings. The van der Waals surface area contributed by atoms with Crippen LogP contribution in [0.2, 0.25) is 0 Å². The van der Waals surface area contributed by atoms with Crippen molar-refractivity contribution in [3.63, 3.8) is 0 Å². The summed E-state index contributed by atoms with van der Waals surface area (Å²) in [6.45, 7) is 1.18. The van der Waals surface area contributed by atoms with E-state index in [1.807, 2.05) is 0 Å². The van der Waals surface area contributed by atoms with E-state index in [0.29, 0.717) is 24.9 Å². The number of alkyl carbamates (subject to hydrolysis) is 1. The zero-order valence-corrected chi connectivity index (χ0v) is 10.1. The quantitative estimate of drug-likeness (QED) is 0.697. The molecule has 3 N–H and O–H groups in total. The Morgan fingerprint density at radius 3 is 2.00 bits per heavy atom. The van der Waals surface area contributed by atoms with Gasteiger partial charge in [0, 0.05) is 13.1 Å². The lowest BCUT2D eigenvalue weighted by Crippen LogP contribution is -2.34. The van der Waals surface area contributed by atoms with Crippen LogP contribution in [0.15, 0.2) is 0 Å². The Kier molecular flexibility index (Phi) is 5.59. The number of carbonyl (C=O) groups is 2. The van der Waals surface area contributed by atoms with Crippen molar-refractivity contribution in [3.8, 4) is 0 Å². The smallest absolute Gasteiger partial charge is 0.406 e. The molecule has 1 aliphatic rings. The maximum atomic E-state index is 10.9. The first-order valence-corrected chi connectivity index (χ1v) is 5.90. The molecule has 0 saturated heterocycles. The second-order valence-electron chi connectivity index (χ2n) is 4.45. The topological polar surface area (TPSA) is 87.7 Å². The molecule has 1 fully saturated rings. The molecule has 0 spiro atoms. The van der Waals surface area contributed by atoms with Crippen molar-refractivity contribution in [2.75, 3.05) is 20.2 Å². The molecule has 0 aliphatic heterocycles. The van der Waals surface area contributed by atoms with Crippen LogP contribution in [-0.4, -0.2) is 37.5 Å². The summed E-state index contributed by atoms with van der Waals surface area (Å²) in [4.78, 5) is 21.2. The van der Waals surface area contributed by atoms with Crippen LogP contribution in [0.1, 0.15) is 25.7 Å². The van der Waals surface area contributed by atoms with E-state index in [-0.39, 0.29) is 6.09 Å². The van der Waals surface area contributed by atoms with Gasteiger partial charge in [0.15, 0.2) is 0 Å². The predicted molar refractivity (Wildman–Crippen MR) is 61.9 cm³/mol. The summed E-state index contributed by atoms with van der Waals surface area (Å²) in [6, 6.07) is 0. The minimum absolute atomic E-state index is 0.389. The minimum Gasteiger partial charge on any atom is -0.465 e. The molecule has 0 radical (unpaired) electrons. The van der Waals surface area contributed by atoms with Crippen molar-refractivity contribution in [1.82, 2.24) is 10.6 Å². The largest absolute Gasteiger partial charge is 0.465 e. The molecule has 0 aromatic carbocycles. The van der Waals surface area contributed by atoms with Crippen molar-refractivity contribution in [2.45, 2.75) is 25.7 Å². The average Bonchev–Trinajstić information content (AvgIpc) is 2.34. The molecule has 17 heavy (non-hydrogen) atoms. The van der Waals surface area contributed by atoms with E-state index in [9.17, 15) is 9.59 Å². The summed E-state index contributed by atoms with van der Waals surface area (Å²) in [5.74, 6) is 0.913. The van der Waals surface area contributed by atoms with Crippen molar-refractivity contribution in [3.05, 3.63) is 0 Å². The zero-order chi connectivity index (χ0) is 12.7.